The molecule has 1 spiro atoms. The Hall–Kier alpha value is -0.900. The third-order valence-electron chi connectivity index (χ3n) is 5.66. The number of nitrogens with zero attached hydrogens (tertiary/aromatic N) is 5. The van der Waals surface area contributed by atoms with Gasteiger partial charge in [0.15, 0.2) is 11.8 Å². The third-order valence-corrected chi connectivity index (χ3v) is 5.66. The van der Waals surface area contributed by atoms with Gasteiger partial charge in [-0.25, -0.2) is 4.99 Å². The van der Waals surface area contributed by atoms with E-state index in [0.717, 1.165) is 56.9 Å². The molecule has 26 heavy (non-hydrogen) atoms. The van der Waals surface area contributed by atoms with Gasteiger partial charge in [-0.2, -0.15) is 0 Å². The number of ether oxygens (including phenoxy) is 1. The van der Waals surface area contributed by atoms with Crippen molar-refractivity contribution in [3.63, 3.8) is 0 Å². The molecule has 0 amide bonds. The Labute approximate surface area is 174 Å². The average molecular weight is 476 g/mol. The first-order valence-electron chi connectivity index (χ1n) is 9.59. The van der Waals surface area contributed by atoms with E-state index >= 15 is 0 Å². The number of rotatable bonds is 7. The van der Waals surface area contributed by atoms with E-state index < -0.39 is 0 Å². The minimum atomic E-state index is 0. The van der Waals surface area contributed by atoms with E-state index in [0.29, 0.717) is 12.0 Å². The summed E-state index contributed by atoms with van der Waals surface area (Å²) in [5.41, 5.74) is 0.565. The number of nitrogens with one attached hydrogen (secondary N) is 1. The quantitative estimate of drug-likeness (QED) is 0.284. The third kappa shape index (κ3) is 5.09. The summed E-state index contributed by atoms with van der Waals surface area (Å²) >= 11 is 0. The van der Waals surface area contributed by atoms with Gasteiger partial charge in [0, 0.05) is 39.9 Å². The Bertz CT molecular complexity index is 599. The number of aliphatic imine (C=N–C) groups is 1. The van der Waals surface area contributed by atoms with Gasteiger partial charge >= 0.3 is 0 Å². The Morgan fingerprint density at radius 2 is 2.12 bits per heavy atom. The van der Waals surface area contributed by atoms with Gasteiger partial charge in [0.05, 0.1) is 0 Å². The molecule has 0 atom stereocenters. The summed E-state index contributed by atoms with van der Waals surface area (Å²) in [6.45, 7) is 9.27. The molecule has 3 rings (SSSR count). The maximum atomic E-state index is 5.43. The molecule has 0 bridgehead atoms. The van der Waals surface area contributed by atoms with Crippen molar-refractivity contribution >= 4 is 29.9 Å². The van der Waals surface area contributed by atoms with Crippen LogP contribution in [0.3, 0.4) is 0 Å². The number of aryl methyl sites for hydroxylation is 1. The van der Waals surface area contributed by atoms with Gasteiger partial charge in [-0.05, 0) is 44.9 Å². The minimum Gasteiger partial charge on any atom is -0.382 e. The van der Waals surface area contributed by atoms with E-state index in [1.165, 1.54) is 25.7 Å². The highest BCUT2D eigenvalue weighted by atomic mass is 127. The van der Waals surface area contributed by atoms with E-state index in [9.17, 15) is 0 Å². The summed E-state index contributed by atoms with van der Waals surface area (Å²) in [7, 11) is 1.99. The van der Waals surface area contributed by atoms with Crippen LogP contribution in [0.4, 0.5) is 0 Å². The molecule has 1 N–H and O–H groups in total. The standard InChI is InChI=1S/C18H32N6O.HI/c1-4-25-12-6-10-19-17(20-13-16-22-21-15(2)23(16)3)24-11-9-18(14-24)7-5-8-18;/h4-14H2,1-3H3,(H,19,20);1H. The molecule has 0 radical (unpaired) electrons. The summed E-state index contributed by atoms with van der Waals surface area (Å²) in [6.07, 6.45) is 6.44. The lowest BCUT2D eigenvalue weighted by atomic mass is 9.68. The second-order valence-electron chi connectivity index (χ2n) is 7.36. The van der Waals surface area contributed by atoms with E-state index in [1.54, 1.807) is 0 Å². The van der Waals surface area contributed by atoms with E-state index in [1.807, 2.05) is 25.5 Å². The van der Waals surface area contributed by atoms with Crippen LogP contribution >= 0.6 is 24.0 Å². The predicted octanol–water partition coefficient (Wildman–Crippen LogP) is 2.49. The summed E-state index contributed by atoms with van der Waals surface area (Å²) in [4.78, 5) is 7.29. The number of halogens is 1. The molecule has 2 aliphatic rings. The van der Waals surface area contributed by atoms with Gasteiger partial charge in [-0.3, -0.25) is 0 Å². The molecule has 8 heteroatoms. The molecular weight excluding hydrogens is 443 g/mol. The van der Waals surface area contributed by atoms with Gasteiger partial charge in [-0.1, -0.05) is 6.42 Å². The minimum absolute atomic E-state index is 0. The molecule has 1 saturated carbocycles. The highest BCUT2D eigenvalue weighted by molar-refractivity contribution is 14.0. The zero-order chi connectivity index (χ0) is 17.7. The van der Waals surface area contributed by atoms with Gasteiger partial charge in [0.25, 0.3) is 0 Å². The fourth-order valence-corrected chi connectivity index (χ4v) is 3.72. The molecule has 1 aliphatic carbocycles. The molecule has 0 aromatic carbocycles. The maximum absolute atomic E-state index is 5.43. The van der Waals surface area contributed by atoms with Crippen LogP contribution in [-0.4, -0.2) is 58.5 Å². The van der Waals surface area contributed by atoms with Gasteiger partial charge in [-0.15, -0.1) is 34.2 Å². The Morgan fingerprint density at radius 3 is 2.69 bits per heavy atom. The van der Waals surface area contributed by atoms with E-state index in [2.05, 4.69) is 20.4 Å². The highest BCUT2D eigenvalue weighted by Gasteiger charge is 2.43. The Morgan fingerprint density at radius 1 is 1.31 bits per heavy atom. The van der Waals surface area contributed by atoms with Crippen LogP contribution in [-0.2, 0) is 18.3 Å². The zero-order valence-electron chi connectivity index (χ0n) is 16.3. The molecule has 1 aliphatic heterocycles. The van der Waals surface area contributed by atoms with Crippen molar-refractivity contribution in [1.82, 2.24) is 25.0 Å². The van der Waals surface area contributed by atoms with Crippen LogP contribution in [0.25, 0.3) is 0 Å². The monoisotopic (exact) mass is 476 g/mol. The SMILES string of the molecule is CCOCCCNC(=NCc1nnc(C)n1C)N1CCC2(CCC2)C1.I. The fourth-order valence-electron chi connectivity index (χ4n) is 3.72. The fraction of sp³-hybridized carbons (Fsp3) is 0.833. The van der Waals surface area contributed by atoms with Gasteiger partial charge in [0.2, 0.25) is 0 Å². The average Bonchev–Trinajstić information content (AvgIpc) is 3.16. The molecule has 2 heterocycles. The summed E-state index contributed by atoms with van der Waals surface area (Å²) in [6, 6.07) is 0. The lowest BCUT2D eigenvalue weighted by molar-refractivity contribution is 0.145. The molecule has 1 aromatic rings. The number of hydrogen-bond donors (Lipinski definition) is 1. The molecule has 1 aromatic heterocycles. The molecule has 1 saturated heterocycles. The maximum Gasteiger partial charge on any atom is 0.194 e. The predicted molar refractivity (Wildman–Crippen MR) is 114 cm³/mol. The van der Waals surface area contributed by atoms with Crippen molar-refractivity contribution in [2.45, 2.75) is 52.5 Å². The molecule has 2 fully saturated rings. The van der Waals surface area contributed by atoms with Crippen LogP contribution in [0.2, 0.25) is 0 Å². The van der Waals surface area contributed by atoms with Gasteiger partial charge < -0.3 is 19.5 Å². The lowest BCUT2D eigenvalue weighted by Crippen LogP contribution is -2.43. The summed E-state index contributed by atoms with van der Waals surface area (Å²) in [5.74, 6) is 2.84. The summed E-state index contributed by atoms with van der Waals surface area (Å²) in [5, 5.41) is 11.9. The first kappa shape index (κ1) is 21.4. The molecule has 0 unspecified atom stereocenters. The van der Waals surface area contributed by atoms with Crippen LogP contribution in [0, 0.1) is 12.3 Å². The van der Waals surface area contributed by atoms with Crippen molar-refractivity contribution in [1.29, 1.82) is 0 Å². The van der Waals surface area contributed by atoms with Crippen LogP contribution in [0.15, 0.2) is 4.99 Å². The second kappa shape index (κ2) is 9.87. The largest absolute Gasteiger partial charge is 0.382 e. The molecular formula is C18H33IN6O. The van der Waals surface area contributed by atoms with Crippen LogP contribution in [0.1, 0.15) is 50.7 Å². The summed E-state index contributed by atoms with van der Waals surface area (Å²) < 4.78 is 7.44. The van der Waals surface area contributed by atoms with Crippen molar-refractivity contribution in [2.75, 3.05) is 32.8 Å². The van der Waals surface area contributed by atoms with Crippen LogP contribution in [0.5, 0.6) is 0 Å². The Balaban J connectivity index is 0.00000243. The van der Waals surface area contributed by atoms with Gasteiger partial charge in [0.1, 0.15) is 12.4 Å². The smallest absolute Gasteiger partial charge is 0.194 e. The Kier molecular flexibility index (Phi) is 8.12. The van der Waals surface area contributed by atoms with Crippen molar-refractivity contribution in [2.24, 2.45) is 17.5 Å². The van der Waals surface area contributed by atoms with Crippen molar-refractivity contribution < 1.29 is 4.74 Å². The van der Waals surface area contributed by atoms with Crippen molar-refractivity contribution in [3.05, 3.63) is 11.6 Å². The highest BCUT2D eigenvalue weighted by Crippen LogP contribution is 2.47. The number of aromatic nitrogens is 3. The number of likely N-dealkylation sites (tertiary alicyclic amines) is 1. The normalized spacial score (nSPS) is 18.7. The molecule has 148 valence electrons. The number of guanidine groups is 1. The lowest BCUT2D eigenvalue weighted by Gasteiger charge is -2.38. The zero-order valence-corrected chi connectivity index (χ0v) is 18.7. The van der Waals surface area contributed by atoms with E-state index in [4.69, 9.17) is 9.73 Å². The molecule has 7 nitrogen and oxygen atoms in total. The second-order valence-corrected chi connectivity index (χ2v) is 7.36. The topological polar surface area (TPSA) is 67.6 Å². The van der Waals surface area contributed by atoms with E-state index in [-0.39, 0.29) is 24.0 Å². The number of hydrogen-bond acceptors (Lipinski definition) is 4. The van der Waals surface area contributed by atoms with Crippen LogP contribution < -0.4 is 5.32 Å². The first-order chi connectivity index (χ1) is 12.1. The van der Waals surface area contributed by atoms with Crippen molar-refractivity contribution in [3.8, 4) is 0 Å². The first-order valence-corrected chi connectivity index (χ1v) is 9.59.